The van der Waals surface area contributed by atoms with Crippen LogP contribution in [0.3, 0.4) is 0 Å². The number of carboxylic acid groups (broad SMARTS) is 1. The number of aromatic nitrogens is 2. The molecule has 0 radical (unpaired) electrons. The van der Waals surface area contributed by atoms with Gasteiger partial charge in [-0.3, -0.25) is 0 Å². The number of carbonyl (C=O) groups is 1. The Morgan fingerprint density at radius 2 is 1.80 bits per heavy atom. The Bertz CT molecular complexity index is 1670. The van der Waals surface area contributed by atoms with Gasteiger partial charge in [0.1, 0.15) is 29.0 Å². The molecule has 0 atom stereocenters. The van der Waals surface area contributed by atoms with Crippen molar-refractivity contribution in [1.82, 2.24) is 9.97 Å². The summed E-state index contributed by atoms with van der Waals surface area (Å²) < 4.78 is 110. The van der Waals surface area contributed by atoms with Crippen LogP contribution in [0.25, 0.3) is 11.1 Å². The van der Waals surface area contributed by atoms with Gasteiger partial charge in [-0.25, -0.2) is 27.0 Å². The number of nitrogens with one attached hydrogen (secondary N) is 1. The smallest absolute Gasteiger partial charge is 0.490 e. The van der Waals surface area contributed by atoms with E-state index in [1.807, 2.05) is 0 Å². The summed E-state index contributed by atoms with van der Waals surface area (Å²) in [6, 6.07) is 8.45. The molecule has 0 spiro atoms. The van der Waals surface area contributed by atoms with Crippen LogP contribution >= 0.6 is 0 Å². The first kappa shape index (κ1) is 34.5. The maximum Gasteiger partial charge on any atom is 0.490 e. The van der Waals surface area contributed by atoms with Crippen LogP contribution in [0.5, 0.6) is 11.6 Å². The standard InChI is InChI=1S/C23H27F2N5O5S2.C2HF3O2/c1-36(31,30-37(32,33)8-5-26)14-15-9-22-28-21-12-18(19(25)13-27-21)17-4-3-16(24)11-20(17)34-6-2-7-35-23(10-15)29-22;3-2(4,5)1(6)7/h3-4,9-13,36H,2,5-8,14,26H2,1H3,(H,30,31)(H,27,28,29);(H,6,7). The van der Waals surface area contributed by atoms with Gasteiger partial charge in [0.05, 0.1) is 25.2 Å². The van der Waals surface area contributed by atoms with E-state index in [1.54, 1.807) is 12.1 Å². The van der Waals surface area contributed by atoms with E-state index < -0.39 is 43.9 Å². The maximum atomic E-state index is 14.7. The zero-order valence-corrected chi connectivity index (χ0v) is 24.6. The van der Waals surface area contributed by atoms with Crippen LogP contribution in [-0.2, 0) is 30.7 Å². The largest absolute Gasteiger partial charge is 0.493 e. The van der Waals surface area contributed by atoms with Crippen LogP contribution in [0.2, 0.25) is 0 Å². The van der Waals surface area contributed by atoms with Gasteiger partial charge in [0.25, 0.3) is 10.0 Å². The van der Waals surface area contributed by atoms with E-state index in [1.165, 1.54) is 30.5 Å². The molecule has 0 unspecified atom stereocenters. The number of sulfonamides is 1. The van der Waals surface area contributed by atoms with Crippen molar-refractivity contribution in [3.05, 3.63) is 59.8 Å². The molecule has 1 aliphatic heterocycles. The quantitative estimate of drug-likeness (QED) is 0.196. The Balaban J connectivity index is 0.000000676. The molecule has 0 amide bonds. The van der Waals surface area contributed by atoms with Crippen molar-refractivity contribution < 1.29 is 54.3 Å². The van der Waals surface area contributed by atoms with E-state index in [-0.39, 0.29) is 60.1 Å². The zero-order chi connectivity index (χ0) is 32.7. The Morgan fingerprint density at radius 1 is 1.11 bits per heavy atom. The number of hydrogen-bond donors (Lipinski definition) is 5. The highest BCUT2D eigenvalue weighted by Crippen LogP contribution is 2.34. The predicted molar refractivity (Wildman–Crippen MR) is 153 cm³/mol. The van der Waals surface area contributed by atoms with Crippen molar-refractivity contribution in [2.45, 2.75) is 18.3 Å². The van der Waals surface area contributed by atoms with Crippen LogP contribution in [-0.4, -0.2) is 72.0 Å². The summed E-state index contributed by atoms with van der Waals surface area (Å²) in [5.41, 5.74) is 6.35. The monoisotopic (exact) mass is 669 g/mol. The molecule has 19 heteroatoms. The molecule has 3 heterocycles. The Morgan fingerprint density at radius 3 is 2.45 bits per heavy atom. The lowest BCUT2D eigenvalue weighted by Crippen LogP contribution is -2.21. The topological polar surface area (TPSA) is 186 Å². The number of ether oxygens (including phenoxy) is 2. The van der Waals surface area contributed by atoms with E-state index in [0.29, 0.717) is 17.5 Å². The van der Waals surface area contributed by atoms with Crippen LogP contribution < -0.4 is 20.5 Å². The SMILES string of the molecule is C[SH](O)(Cc1cc2nc(c1)OCCCOc1cc(F)ccc1-c1cc(ncc1F)N2)=NS(=O)(=O)CCN.O=C(O)C(F)(F)F. The molecule has 0 fully saturated rings. The number of benzene rings is 1. The third kappa shape index (κ3) is 10.4. The third-order valence-electron chi connectivity index (χ3n) is 5.40. The first-order chi connectivity index (χ1) is 20.5. The van der Waals surface area contributed by atoms with Crippen molar-refractivity contribution in [3.63, 3.8) is 0 Å². The fraction of sp³-hybridized carbons (Fsp3) is 0.320. The molecule has 242 valence electrons. The number of pyridine rings is 2. The number of carboxylic acids is 1. The van der Waals surface area contributed by atoms with Crippen LogP contribution in [0.1, 0.15) is 12.0 Å². The molecule has 0 saturated carbocycles. The van der Waals surface area contributed by atoms with Gasteiger partial charge in [0.15, 0.2) is 0 Å². The van der Waals surface area contributed by atoms with Crippen molar-refractivity contribution >= 4 is 37.7 Å². The molecule has 44 heavy (non-hydrogen) atoms. The summed E-state index contributed by atoms with van der Waals surface area (Å²) in [7, 11) is -7.14. The van der Waals surface area contributed by atoms with Gasteiger partial charge in [-0.2, -0.15) is 18.2 Å². The van der Waals surface area contributed by atoms with Crippen molar-refractivity contribution in [2.75, 3.05) is 37.1 Å². The first-order valence-electron chi connectivity index (χ1n) is 12.5. The van der Waals surface area contributed by atoms with E-state index in [9.17, 15) is 34.9 Å². The van der Waals surface area contributed by atoms with E-state index in [0.717, 1.165) is 6.20 Å². The number of alkyl halides is 3. The average molecular weight is 670 g/mol. The molecule has 2 aromatic heterocycles. The fourth-order valence-corrected chi connectivity index (χ4v) is 7.60. The van der Waals surface area contributed by atoms with E-state index in [4.69, 9.17) is 25.1 Å². The van der Waals surface area contributed by atoms with Gasteiger partial charge in [-0.15, -0.1) is 3.77 Å². The van der Waals surface area contributed by atoms with Gasteiger partial charge >= 0.3 is 12.1 Å². The van der Waals surface area contributed by atoms with Gasteiger partial charge in [0, 0.05) is 42.0 Å². The highest BCUT2D eigenvalue weighted by Gasteiger charge is 2.38. The maximum absolute atomic E-state index is 14.7. The summed E-state index contributed by atoms with van der Waals surface area (Å²) in [5.74, 6) is -3.43. The number of thiol groups is 1. The zero-order valence-electron chi connectivity index (χ0n) is 22.9. The number of hydrogen-bond acceptors (Lipinski definition) is 9. The van der Waals surface area contributed by atoms with E-state index >= 15 is 0 Å². The Hall–Kier alpha value is -3.94. The predicted octanol–water partition coefficient (Wildman–Crippen LogP) is 3.92. The third-order valence-corrected chi connectivity index (χ3v) is 9.52. The lowest BCUT2D eigenvalue weighted by Gasteiger charge is -2.19. The minimum atomic E-state index is -5.08. The summed E-state index contributed by atoms with van der Waals surface area (Å²) in [6.07, 6.45) is -2.27. The second-order valence-corrected chi connectivity index (χ2v) is 14.0. The van der Waals surface area contributed by atoms with Gasteiger partial charge in [0.2, 0.25) is 5.88 Å². The lowest BCUT2D eigenvalue weighted by molar-refractivity contribution is -0.192. The van der Waals surface area contributed by atoms with Crippen molar-refractivity contribution in [3.8, 4) is 22.8 Å². The molecule has 4 bridgehead atoms. The summed E-state index contributed by atoms with van der Waals surface area (Å²) in [5, 5.41) is 10.1. The molecule has 0 saturated heterocycles. The number of halogens is 5. The number of fused-ring (bicyclic) bond motifs is 6. The molecule has 4 rings (SSSR count). The van der Waals surface area contributed by atoms with Gasteiger partial charge < -0.3 is 30.2 Å². The average Bonchev–Trinajstić information content (AvgIpc) is 2.88. The van der Waals surface area contributed by atoms with Gasteiger partial charge in [-0.05, 0) is 36.1 Å². The number of rotatable bonds is 5. The summed E-state index contributed by atoms with van der Waals surface area (Å²) in [4.78, 5) is 17.4. The first-order valence-corrected chi connectivity index (χ1v) is 16.5. The Kier molecular flexibility index (Phi) is 11.2. The summed E-state index contributed by atoms with van der Waals surface area (Å²) >= 11 is 0. The van der Waals surface area contributed by atoms with Crippen LogP contribution in [0.15, 0.2) is 46.4 Å². The highest BCUT2D eigenvalue weighted by atomic mass is 32.3. The molecule has 12 nitrogen and oxygen atoms in total. The van der Waals surface area contributed by atoms with Crippen LogP contribution in [0, 0.1) is 11.6 Å². The van der Waals surface area contributed by atoms with Crippen molar-refractivity contribution in [1.29, 1.82) is 0 Å². The fourth-order valence-electron chi connectivity index (χ4n) is 3.72. The van der Waals surface area contributed by atoms with Crippen molar-refractivity contribution in [2.24, 2.45) is 9.50 Å². The molecule has 5 N–H and O–H groups in total. The van der Waals surface area contributed by atoms with Gasteiger partial charge in [-0.1, -0.05) is 10.1 Å². The number of nitrogens with two attached hydrogens (primary N) is 1. The second-order valence-electron chi connectivity index (χ2n) is 9.27. The van der Waals surface area contributed by atoms with E-state index in [2.05, 4.69) is 19.1 Å². The minimum absolute atomic E-state index is 0.0610. The molecule has 0 aliphatic carbocycles. The second kappa shape index (κ2) is 14.2. The molecule has 3 aromatic rings. The normalized spacial score (nSPS) is 13.8. The minimum Gasteiger partial charge on any atom is -0.493 e. The van der Waals surface area contributed by atoms with Crippen LogP contribution in [0.4, 0.5) is 33.6 Å². The Labute approximate surface area is 249 Å². The number of anilines is 2. The summed E-state index contributed by atoms with van der Waals surface area (Å²) in [6.45, 7) is 0.251. The lowest BCUT2D eigenvalue weighted by atomic mass is 10.0. The molecular weight excluding hydrogens is 641 g/mol. The molecule has 1 aromatic carbocycles. The molecular formula is C25H28F5N5O7S2. The number of nitrogens with zero attached hydrogens (tertiary/aromatic N) is 3. The molecule has 1 aliphatic rings. The number of aliphatic carboxylic acids is 1. The highest BCUT2D eigenvalue weighted by molar-refractivity contribution is 8.06.